The van der Waals surface area contributed by atoms with Gasteiger partial charge in [0, 0.05) is 24.3 Å². The molecule has 0 radical (unpaired) electrons. The van der Waals surface area contributed by atoms with Gasteiger partial charge in [-0.25, -0.2) is 9.07 Å². The van der Waals surface area contributed by atoms with Crippen molar-refractivity contribution in [2.45, 2.75) is 70.0 Å². The predicted molar refractivity (Wildman–Crippen MR) is 132 cm³/mol. The van der Waals surface area contributed by atoms with Crippen LogP contribution in [-0.4, -0.2) is 28.0 Å². The van der Waals surface area contributed by atoms with Crippen LogP contribution < -0.4 is 5.56 Å². The second-order valence-electron chi connectivity index (χ2n) is 9.68. The molecule has 1 saturated heterocycles. The number of ether oxygens (including phenoxy) is 1. The van der Waals surface area contributed by atoms with Crippen molar-refractivity contribution in [2.24, 2.45) is 0 Å². The van der Waals surface area contributed by atoms with Crippen LogP contribution in [0.2, 0.25) is 0 Å². The van der Waals surface area contributed by atoms with Gasteiger partial charge in [0.1, 0.15) is 5.82 Å². The van der Waals surface area contributed by atoms with Gasteiger partial charge in [-0.05, 0) is 68.0 Å². The number of pyridine rings is 1. The highest BCUT2D eigenvalue weighted by Gasteiger charge is 2.34. The van der Waals surface area contributed by atoms with Crippen LogP contribution in [0, 0.1) is 12.7 Å². The summed E-state index contributed by atoms with van der Waals surface area (Å²) in [5.74, 6) is 0.0393. The highest BCUT2D eigenvalue weighted by molar-refractivity contribution is 5.25. The number of aryl methyl sites for hydroxylation is 1. The molecule has 5 nitrogen and oxygen atoms in total. The summed E-state index contributed by atoms with van der Waals surface area (Å²) in [5.41, 5.74) is 1.04. The molecule has 1 saturated carbocycles. The van der Waals surface area contributed by atoms with Crippen LogP contribution in [0.3, 0.4) is 0 Å². The lowest BCUT2D eigenvalue weighted by Gasteiger charge is -2.23. The highest BCUT2D eigenvalue weighted by Crippen LogP contribution is 2.34. The van der Waals surface area contributed by atoms with Gasteiger partial charge in [-0.15, -0.1) is 0 Å². The fraction of sp³-hybridized carbons (Fsp3) is 0.464. The molecule has 1 unspecified atom stereocenters. The quantitative estimate of drug-likeness (QED) is 0.376. The molecule has 0 bridgehead atoms. The van der Waals surface area contributed by atoms with Gasteiger partial charge in [0.2, 0.25) is 0 Å². The first-order valence-corrected chi connectivity index (χ1v) is 12.7. The average molecular weight is 518 g/mol. The Morgan fingerprint density at radius 2 is 1.81 bits per heavy atom. The SMILES string of the molecule is Cc1cccc(F)c1.O=c1c(C2CCCCC2)cc(C2CCOC2)nn1Cc1ncccc1C(F)(F)F. The molecule has 37 heavy (non-hydrogen) atoms. The zero-order valence-electron chi connectivity index (χ0n) is 20.8. The summed E-state index contributed by atoms with van der Waals surface area (Å²) in [7, 11) is 0. The summed E-state index contributed by atoms with van der Waals surface area (Å²) in [6.45, 7) is 2.72. The van der Waals surface area contributed by atoms with Gasteiger partial charge < -0.3 is 4.74 Å². The molecular formula is C28H31F4N3O2. The van der Waals surface area contributed by atoms with Crippen LogP contribution >= 0.6 is 0 Å². The third kappa shape index (κ3) is 7.03. The first kappa shape index (κ1) is 27.0. The lowest BCUT2D eigenvalue weighted by Crippen LogP contribution is -2.31. The summed E-state index contributed by atoms with van der Waals surface area (Å²) in [4.78, 5) is 17.1. The zero-order chi connectivity index (χ0) is 26.4. The molecule has 1 aromatic carbocycles. The van der Waals surface area contributed by atoms with Crippen molar-refractivity contribution >= 4 is 0 Å². The number of alkyl halides is 3. The van der Waals surface area contributed by atoms with Gasteiger partial charge in [-0.1, -0.05) is 31.4 Å². The first-order valence-electron chi connectivity index (χ1n) is 12.7. The topological polar surface area (TPSA) is 57.0 Å². The number of benzene rings is 1. The van der Waals surface area contributed by atoms with Crippen LogP contribution in [0.25, 0.3) is 0 Å². The Morgan fingerprint density at radius 3 is 2.43 bits per heavy atom. The van der Waals surface area contributed by atoms with Crippen LogP contribution in [-0.2, 0) is 17.5 Å². The summed E-state index contributed by atoms with van der Waals surface area (Å²) >= 11 is 0. The third-order valence-electron chi connectivity index (χ3n) is 6.89. The normalized spacial score (nSPS) is 18.4. The van der Waals surface area contributed by atoms with E-state index in [1.807, 2.05) is 19.1 Å². The maximum absolute atomic E-state index is 13.4. The number of rotatable bonds is 4. The lowest BCUT2D eigenvalue weighted by molar-refractivity contribution is -0.138. The largest absolute Gasteiger partial charge is 0.418 e. The second kappa shape index (κ2) is 12.0. The minimum atomic E-state index is -4.53. The maximum Gasteiger partial charge on any atom is 0.418 e. The third-order valence-corrected chi connectivity index (χ3v) is 6.89. The number of aromatic nitrogens is 3. The number of nitrogens with zero attached hydrogens (tertiary/aromatic N) is 3. The minimum absolute atomic E-state index is 0.0648. The zero-order valence-corrected chi connectivity index (χ0v) is 20.8. The van der Waals surface area contributed by atoms with E-state index in [0.29, 0.717) is 18.8 Å². The van der Waals surface area contributed by atoms with Crippen molar-refractivity contribution in [3.8, 4) is 0 Å². The molecule has 3 heterocycles. The molecule has 2 fully saturated rings. The van der Waals surface area contributed by atoms with Crippen molar-refractivity contribution < 1.29 is 22.3 Å². The van der Waals surface area contributed by atoms with E-state index in [-0.39, 0.29) is 35.5 Å². The van der Waals surface area contributed by atoms with Gasteiger partial charge >= 0.3 is 6.18 Å². The Bertz CT molecular complexity index is 1230. The van der Waals surface area contributed by atoms with E-state index in [1.54, 1.807) is 6.07 Å². The van der Waals surface area contributed by atoms with Crippen LogP contribution in [0.4, 0.5) is 17.6 Å². The number of halogens is 4. The molecule has 1 atom stereocenters. The fourth-order valence-electron chi connectivity index (χ4n) is 4.93. The maximum atomic E-state index is 13.4. The average Bonchev–Trinajstić information content (AvgIpc) is 3.41. The summed E-state index contributed by atoms with van der Waals surface area (Å²) in [6, 6.07) is 10.6. The van der Waals surface area contributed by atoms with Gasteiger partial charge in [0.15, 0.2) is 0 Å². The van der Waals surface area contributed by atoms with Gasteiger partial charge in [0.25, 0.3) is 5.56 Å². The minimum Gasteiger partial charge on any atom is -0.381 e. The molecule has 1 aliphatic carbocycles. The molecular weight excluding hydrogens is 486 g/mol. The van der Waals surface area contributed by atoms with Gasteiger partial charge in [-0.2, -0.15) is 18.3 Å². The Hall–Kier alpha value is -3.07. The molecule has 0 N–H and O–H groups in total. The molecule has 9 heteroatoms. The number of hydrogen-bond donors (Lipinski definition) is 0. The standard InChI is InChI=1S/C21H24F3N3O2.C7H7F/c22-21(23,24)17-7-4-9-25-19(17)12-27-20(28)16(14-5-2-1-3-6-14)11-18(26-27)15-8-10-29-13-15;1-6-3-2-4-7(8)5-6/h4,7,9,11,14-15H,1-3,5-6,8,10,12-13H2;2-5H,1H3. The monoisotopic (exact) mass is 517 g/mol. The van der Waals surface area contributed by atoms with E-state index in [2.05, 4.69) is 10.1 Å². The Morgan fingerprint density at radius 1 is 1.03 bits per heavy atom. The second-order valence-corrected chi connectivity index (χ2v) is 9.68. The van der Waals surface area contributed by atoms with E-state index in [4.69, 9.17) is 4.74 Å². The Balaban J connectivity index is 0.000000342. The Kier molecular flexibility index (Phi) is 8.74. The molecule has 2 aromatic heterocycles. The van der Waals surface area contributed by atoms with Crippen LogP contribution in [0.1, 0.15) is 78.4 Å². The van der Waals surface area contributed by atoms with E-state index >= 15 is 0 Å². The van der Waals surface area contributed by atoms with Gasteiger partial charge in [0.05, 0.1) is 30.1 Å². The van der Waals surface area contributed by atoms with Crippen molar-refractivity contribution in [2.75, 3.05) is 13.2 Å². The van der Waals surface area contributed by atoms with Crippen molar-refractivity contribution in [1.82, 2.24) is 14.8 Å². The summed E-state index contributed by atoms with van der Waals surface area (Å²) in [5, 5.41) is 4.45. The lowest BCUT2D eigenvalue weighted by atomic mass is 9.84. The molecule has 0 spiro atoms. The van der Waals surface area contributed by atoms with E-state index in [9.17, 15) is 22.4 Å². The molecule has 0 amide bonds. The van der Waals surface area contributed by atoms with Crippen molar-refractivity contribution in [1.29, 1.82) is 0 Å². The van der Waals surface area contributed by atoms with Crippen molar-refractivity contribution in [3.05, 3.63) is 92.9 Å². The Labute approximate surface area is 213 Å². The molecule has 2 aliphatic rings. The summed E-state index contributed by atoms with van der Waals surface area (Å²) < 4.78 is 59.0. The van der Waals surface area contributed by atoms with E-state index in [0.717, 1.165) is 55.8 Å². The van der Waals surface area contributed by atoms with E-state index < -0.39 is 11.7 Å². The predicted octanol–water partition coefficient (Wildman–Crippen LogP) is 6.39. The van der Waals surface area contributed by atoms with Crippen LogP contribution in [0.15, 0.2) is 53.5 Å². The van der Waals surface area contributed by atoms with E-state index in [1.165, 1.54) is 29.1 Å². The smallest absolute Gasteiger partial charge is 0.381 e. The van der Waals surface area contributed by atoms with Gasteiger partial charge in [-0.3, -0.25) is 9.78 Å². The highest BCUT2D eigenvalue weighted by atomic mass is 19.4. The first-order chi connectivity index (χ1) is 17.7. The molecule has 198 valence electrons. The fourth-order valence-corrected chi connectivity index (χ4v) is 4.93. The molecule has 1 aliphatic heterocycles. The molecule has 3 aromatic rings. The summed E-state index contributed by atoms with van der Waals surface area (Å²) in [6.07, 6.45) is 2.71. The molecule has 5 rings (SSSR count). The van der Waals surface area contributed by atoms with Crippen molar-refractivity contribution in [3.63, 3.8) is 0 Å². The van der Waals surface area contributed by atoms with Crippen LogP contribution in [0.5, 0.6) is 0 Å². The number of hydrogen-bond acceptors (Lipinski definition) is 4.